The third kappa shape index (κ3) is 4.45. The van der Waals surface area contributed by atoms with E-state index < -0.39 is 0 Å². The first-order valence-electron chi connectivity index (χ1n) is 7.97. The maximum absolute atomic E-state index is 13.9. The fourth-order valence-electron chi connectivity index (χ4n) is 3.00. The summed E-state index contributed by atoms with van der Waals surface area (Å²) in [7, 11) is 0. The van der Waals surface area contributed by atoms with E-state index in [4.69, 9.17) is 0 Å². The number of allylic oxidation sites excluding steroid dienone is 1. The molecule has 1 aliphatic carbocycles. The van der Waals surface area contributed by atoms with Gasteiger partial charge in [-0.05, 0) is 50.3 Å². The van der Waals surface area contributed by atoms with Gasteiger partial charge in [-0.25, -0.2) is 4.39 Å². The fraction of sp³-hybridized carbons (Fsp3) is 0.556. The standard InChI is InChI=1S/C18H26FN/c1-2-20-18(14-16-12-8-9-13-17(16)19)15-10-6-4-3-5-7-11-15/h8-10,12-13,18,20H,2-7,11,14H2,1H3/b15-10+. The molecule has 2 heteroatoms. The lowest BCUT2D eigenvalue weighted by atomic mass is 9.91. The number of hydrogen-bond acceptors (Lipinski definition) is 1. The van der Waals surface area contributed by atoms with Crippen LogP contribution >= 0.6 is 0 Å². The second-order valence-corrected chi connectivity index (χ2v) is 5.64. The first-order valence-corrected chi connectivity index (χ1v) is 7.97. The molecule has 110 valence electrons. The van der Waals surface area contributed by atoms with Crippen LogP contribution in [0.2, 0.25) is 0 Å². The summed E-state index contributed by atoms with van der Waals surface area (Å²) in [4.78, 5) is 0. The van der Waals surface area contributed by atoms with Crippen molar-refractivity contribution in [3.05, 3.63) is 47.3 Å². The van der Waals surface area contributed by atoms with Gasteiger partial charge in [0.05, 0.1) is 0 Å². The quantitative estimate of drug-likeness (QED) is 0.773. The Morgan fingerprint density at radius 3 is 2.75 bits per heavy atom. The topological polar surface area (TPSA) is 12.0 Å². The van der Waals surface area contributed by atoms with Crippen molar-refractivity contribution in [1.82, 2.24) is 5.32 Å². The van der Waals surface area contributed by atoms with Gasteiger partial charge < -0.3 is 5.32 Å². The lowest BCUT2D eigenvalue weighted by molar-refractivity contribution is 0.522. The Kier molecular flexibility index (Phi) is 6.25. The smallest absolute Gasteiger partial charge is 0.126 e. The summed E-state index contributed by atoms with van der Waals surface area (Å²) in [5.74, 6) is -0.0816. The van der Waals surface area contributed by atoms with E-state index in [9.17, 15) is 4.39 Å². The van der Waals surface area contributed by atoms with E-state index in [1.165, 1.54) is 37.7 Å². The summed E-state index contributed by atoms with van der Waals surface area (Å²) in [6.45, 7) is 3.05. The predicted molar refractivity (Wildman–Crippen MR) is 83.4 cm³/mol. The van der Waals surface area contributed by atoms with Crippen molar-refractivity contribution in [2.45, 2.75) is 57.9 Å². The Morgan fingerprint density at radius 2 is 1.95 bits per heavy atom. The van der Waals surface area contributed by atoms with Gasteiger partial charge >= 0.3 is 0 Å². The van der Waals surface area contributed by atoms with Crippen LogP contribution in [0.5, 0.6) is 0 Å². The molecule has 0 aromatic heterocycles. The molecule has 2 rings (SSSR count). The molecule has 0 amide bonds. The second kappa shape index (κ2) is 8.21. The van der Waals surface area contributed by atoms with Crippen LogP contribution in [0.25, 0.3) is 0 Å². The van der Waals surface area contributed by atoms with Crippen LogP contribution in [0, 0.1) is 5.82 Å². The molecule has 0 saturated heterocycles. The Morgan fingerprint density at radius 1 is 1.15 bits per heavy atom. The van der Waals surface area contributed by atoms with Gasteiger partial charge in [-0.1, -0.05) is 49.6 Å². The number of benzene rings is 1. The Bertz CT molecular complexity index is 439. The van der Waals surface area contributed by atoms with E-state index in [2.05, 4.69) is 18.3 Å². The van der Waals surface area contributed by atoms with Crippen molar-refractivity contribution in [2.24, 2.45) is 0 Å². The number of hydrogen-bond donors (Lipinski definition) is 1. The molecular weight excluding hydrogens is 249 g/mol. The molecule has 1 N–H and O–H groups in total. The van der Waals surface area contributed by atoms with E-state index in [1.807, 2.05) is 12.1 Å². The van der Waals surface area contributed by atoms with Crippen molar-refractivity contribution in [3.8, 4) is 0 Å². The van der Waals surface area contributed by atoms with Crippen LogP contribution in [0.15, 0.2) is 35.9 Å². The average molecular weight is 275 g/mol. The number of nitrogens with one attached hydrogen (secondary N) is 1. The molecule has 0 bridgehead atoms. The minimum Gasteiger partial charge on any atom is -0.310 e. The van der Waals surface area contributed by atoms with Crippen molar-refractivity contribution in [2.75, 3.05) is 6.54 Å². The molecule has 1 unspecified atom stereocenters. The molecule has 1 aromatic rings. The highest BCUT2D eigenvalue weighted by Crippen LogP contribution is 2.22. The van der Waals surface area contributed by atoms with Gasteiger partial charge in [0.2, 0.25) is 0 Å². The highest BCUT2D eigenvalue weighted by atomic mass is 19.1. The van der Waals surface area contributed by atoms with E-state index in [0.717, 1.165) is 24.9 Å². The number of halogens is 1. The van der Waals surface area contributed by atoms with Crippen LogP contribution in [0.3, 0.4) is 0 Å². The minimum atomic E-state index is -0.0816. The molecule has 1 aromatic carbocycles. The van der Waals surface area contributed by atoms with E-state index >= 15 is 0 Å². The zero-order valence-electron chi connectivity index (χ0n) is 12.5. The third-order valence-corrected chi connectivity index (χ3v) is 4.11. The zero-order chi connectivity index (χ0) is 14.2. The van der Waals surface area contributed by atoms with E-state index in [0.29, 0.717) is 0 Å². The summed E-state index contributed by atoms with van der Waals surface area (Å²) >= 11 is 0. The van der Waals surface area contributed by atoms with Crippen LogP contribution in [0.1, 0.15) is 51.0 Å². The van der Waals surface area contributed by atoms with Crippen molar-refractivity contribution in [3.63, 3.8) is 0 Å². The van der Waals surface area contributed by atoms with Crippen molar-refractivity contribution in [1.29, 1.82) is 0 Å². The SMILES string of the molecule is CCNC(Cc1ccccc1F)/C1=C/CCCCCC1. The van der Waals surface area contributed by atoms with Crippen LogP contribution < -0.4 is 5.32 Å². The lowest BCUT2D eigenvalue weighted by Gasteiger charge is -2.23. The molecule has 0 radical (unpaired) electrons. The summed E-state index contributed by atoms with van der Waals surface area (Å²) in [6.07, 6.45) is 10.7. The van der Waals surface area contributed by atoms with Gasteiger partial charge in [-0.2, -0.15) is 0 Å². The highest BCUT2D eigenvalue weighted by molar-refractivity contribution is 5.23. The first kappa shape index (κ1) is 15.2. The molecule has 0 saturated carbocycles. The molecule has 1 nitrogen and oxygen atoms in total. The summed E-state index contributed by atoms with van der Waals surface area (Å²) in [5.41, 5.74) is 2.30. The van der Waals surface area contributed by atoms with Crippen LogP contribution in [0.4, 0.5) is 4.39 Å². The van der Waals surface area contributed by atoms with Crippen molar-refractivity contribution < 1.29 is 4.39 Å². The predicted octanol–water partition coefficient (Wildman–Crippen LogP) is 4.63. The summed E-state index contributed by atoms with van der Waals surface area (Å²) in [5, 5.41) is 3.54. The Balaban J connectivity index is 2.11. The van der Waals surface area contributed by atoms with Gasteiger partial charge in [-0.15, -0.1) is 0 Å². The largest absolute Gasteiger partial charge is 0.310 e. The van der Waals surface area contributed by atoms with Crippen LogP contribution in [-0.4, -0.2) is 12.6 Å². The first-order chi connectivity index (χ1) is 9.81. The van der Waals surface area contributed by atoms with E-state index in [1.54, 1.807) is 12.1 Å². The maximum atomic E-state index is 13.9. The average Bonchev–Trinajstić information content (AvgIpc) is 2.40. The monoisotopic (exact) mass is 275 g/mol. The molecule has 20 heavy (non-hydrogen) atoms. The molecule has 0 spiro atoms. The molecule has 0 aliphatic heterocycles. The van der Waals surface area contributed by atoms with Gasteiger partial charge in [0, 0.05) is 6.04 Å². The van der Waals surface area contributed by atoms with Gasteiger partial charge in [0.15, 0.2) is 0 Å². The lowest BCUT2D eigenvalue weighted by Crippen LogP contribution is -2.33. The minimum absolute atomic E-state index is 0.0816. The van der Waals surface area contributed by atoms with Crippen LogP contribution in [-0.2, 0) is 6.42 Å². The maximum Gasteiger partial charge on any atom is 0.126 e. The molecule has 0 fully saturated rings. The normalized spacial score (nSPS) is 20.6. The zero-order valence-corrected chi connectivity index (χ0v) is 12.5. The molecular formula is C18H26FN. The highest BCUT2D eigenvalue weighted by Gasteiger charge is 2.16. The Labute approximate surface area is 122 Å². The second-order valence-electron chi connectivity index (χ2n) is 5.64. The van der Waals surface area contributed by atoms with Gasteiger partial charge in [-0.3, -0.25) is 0 Å². The number of rotatable bonds is 5. The summed E-state index contributed by atoms with van der Waals surface area (Å²) in [6, 6.07) is 7.44. The fourth-order valence-corrected chi connectivity index (χ4v) is 3.00. The Hall–Kier alpha value is -1.15. The van der Waals surface area contributed by atoms with E-state index in [-0.39, 0.29) is 11.9 Å². The molecule has 0 heterocycles. The van der Waals surface area contributed by atoms with Gasteiger partial charge in [0.1, 0.15) is 5.82 Å². The van der Waals surface area contributed by atoms with Gasteiger partial charge in [0.25, 0.3) is 0 Å². The number of likely N-dealkylation sites (N-methyl/N-ethyl adjacent to an activating group) is 1. The summed E-state index contributed by atoms with van der Waals surface area (Å²) < 4.78 is 13.9. The molecule has 1 aliphatic rings. The van der Waals surface area contributed by atoms with Crippen molar-refractivity contribution >= 4 is 0 Å². The molecule has 1 atom stereocenters. The third-order valence-electron chi connectivity index (χ3n) is 4.11.